The van der Waals surface area contributed by atoms with E-state index in [1.807, 2.05) is 12.1 Å². The first kappa shape index (κ1) is 26.8. The summed E-state index contributed by atoms with van der Waals surface area (Å²) in [5, 5.41) is 9.67. The van der Waals surface area contributed by atoms with Crippen LogP contribution in [0.1, 0.15) is 39.6 Å². The Labute approximate surface area is 237 Å². The van der Waals surface area contributed by atoms with Crippen LogP contribution in [0, 0.1) is 11.6 Å². The fourth-order valence-corrected chi connectivity index (χ4v) is 5.92. The van der Waals surface area contributed by atoms with E-state index in [0.29, 0.717) is 53.4 Å². The lowest BCUT2D eigenvalue weighted by atomic mass is 10.0. The molecule has 0 spiro atoms. The summed E-state index contributed by atoms with van der Waals surface area (Å²) in [6.45, 7) is 3.01. The van der Waals surface area contributed by atoms with E-state index in [9.17, 15) is 14.3 Å². The molecule has 0 saturated carbocycles. The van der Waals surface area contributed by atoms with Gasteiger partial charge in [0, 0.05) is 36.3 Å². The average molecular weight is 587 g/mol. The summed E-state index contributed by atoms with van der Waals surface area (Å²) in [7, 11) is 0. The van der Waals surface area contributed by atoms with E-state index in [-0.39, 0.29) is 23.1 Å². The molecule has 1 N–H and O–H groups in total. The maximum absolute atomic E-state index is 15.0. The molecule has 0 aliphatic carbocycles. The Morgan fingerprint density at radius 3 is 2.80 bits per heavy atom. The largest absolute Gasteiger partial charge is 0.477 e. The number of halogens is 3. The highest BCUT2D eigenvalue weighted by molar-refractivity contribution is 7.20. The second kappa shape index (κ2) is 11.2. The molecule has 1 fully saturated rings. The van der Waals surface area contributed by atoms with Gasteiger partial charge >= 0.3 is 5.97 Å². The maximum Gasteiger partial charge on any atom is 0.349 e. The number of rotatable bonds is 9. The molecule has 6 rings (SSSR count). The molecule has 40 heavy (non-hydrogen) atoms. The van der Waals surface area contributed by atoms with Crippen molar-refractivity contribution in [2.75, 3.05) is 19.7 Å². The highest BCUT2D eigenvalue weighted by Crippen LogP contribution is 2.33. The molecule has 3 aromatic heterocycles. The summed E-state index contributed by atoms with van der Waals surface area (Å²) in [6.07, 6.45) is 3.67. The lowest BCUT2D eigenvalue weighted by Gasteiger charge is -2.29. The molecule has 2 aliphatic rings. The van der Waals surface area contributed by atoms with Crippen molar-refractivity contribution >= 4 is 44.8 Å². The molecular weight excluding hydrogens is 562 g/mol. The van der Waals surface area contributed by atoms with E-state index in [4.69, 9.17) is 21.1 Å². The number of ether oxygens (including phenoxy) is 2. The number of pyridine rings is 1. The van der Waals surface area contributed by atoms with Gasteiger partial charge in [-0.2, -0.15) is 0 Å². The van der Waals surface area contributed by atoms with Gasteiger partial charge in [0.15, 0.2) is 10.7 Å². The van der Waals surface area contributed by atoms with Crippen molar-refractivity contribution in [3.8, 4) is 5.88 Å². The minimum absolute atomic E-state index is 0.0339. The summed E-state index contributed by atoms with van der Waals surface area (Å²) in [5.41, 5.74) is 2.50. The van der Waals surface area contributed by atoms with Gasteiger partial charge in [-0.1, -0.05) is 29.8 Å². The zero-order chi connectivity index (χ0) is 27.8. The van der Waals surface area contributed by atoms with Gasteiger partial charge in [-0.15, -0.1) is 11.3 Å². The Morgan fingerprint density at radius 1 is 1.25 bits per heavy atom. The molecule has 0 amide bonds. The number of hydrogen-bond acceptors (Lipinski definition) is 7. The molecule has 0 bridgehead atoms. The van der Waals surface area contributed by atoms with E-state index in [2.05, 4.69) is 20.9 Å². The fraction of sp³-hybridized carbons (Fsp3) is 0.321. The van der Waals surface area contributed by atoms with Crippen molar-refractivity contribution in [1.29, 1.82) is 0 Å². The average Bonchev–Trinajstić information content (AvgIpc) is 3.42. The van der Waals surface area contributed by atoms with Gasteiger partial charge in [-0.25, -0.2) is 23.5 Å². The standard InChI is InChI=1S/C28H25ClF2N4O4S/c29-18-5-4-17(20(30)12-18)15-39-23-3-1-2-21(32-23)16-6-9-34(10-7-16)14-22-33-27-25(24(31)26(40-27)28(36)37)35(22)13-19-8-11-38-19/h1-6,12,19H,7-11,13-15H2,(H,36,37). The lowest BCUT2D eigenvalue weighted by molar-refractivity contribution is -0.0592. The monoisotopic (exact) mass is 586 g/mol. The van der Waals surface area contributed by atoms with E-state index in [0.717, 1.165) is 42.0 Å². The topological polar surface area (TPSA) is 89.7 Å². The molecule has 1 aromatic carbocycles. The summed E-state index contributed by atoms with van der Waals surface area (Å²) in [5.74, 6) is -1.36. The zero-order valence-corrected chi connectivity index (χ0v) is 22.9. The van der Waals surface area contributed by atoms with Gasteiger partial charge in [-0.05, 0) is 36.6 Å². The smallest absolute Gasteiger partial charge is 0.349 e. The lowest BCUT2D eigenvalue weighted by Crippen LogP contribution is -2.33. The number of thiophene rings is 1. The normalized spacial score (nSPS) is 17.6. The van der Waals surface area contributed by atoms with Crippen LogP contribution < -0.4 is 4.74 Å². The van der Waals surface area contributed by atoms with Gasteiger partial charge in [0.2, 0.25) is 5.88 Å². The Balaban J connectivity index is 1.15. The van der Waals surface area contributed by atoms with Crippen LogP contribution in [0.3, 0.4) is 0 Å². The van der Waals surface area contributed by atoms with Gasteiger partial charge in [0.05, 0.1) is 24.9 Å². The molecule has 8 nitrogen and oxygen atoms in total. The minimum atomic E-state index is -1.29. The number of hydrogen-bond donors (Lipinski definition) is 1. The predicted octanol–water partition coefficient (Wildman–Crippen LogP) is 5.78. The number of aromatic nitrogens is 3. The fourth-order valence-electron chi connectivity index (χ4n) is 4.85. The summed E-state index contributed by atoms with van der Waals surface area (Å²) in [6, 6.07) is 9.97. The highest BCUT2D eigenvalue weighted by Gasteiger charge is 2.28. The molecule has 1 atom stereocenters. The first-order chi connectivity index (χ1) is 19.4. The van der Waals surface area contributed by atoms with Crippen LogP contribution in [0.2, 0.25) is 5.02 Å². The second-order valence-corrected chi connectivity index (χ2v) is 11.2. The Morgan fingerprint density at radius 2 is 2.10 bits per heavy atom. The summed E-state index contributed by atoms with van der Waals surface area (Å²) >= 11 is 6.68. The molecule has 0 radical (unpaired) electrons. The molecular formula is C28H25ClF2N4O4S. The van der Waals surface area contributed by atoms with Gasteiger partial charge < -0.3 is 19.1 Å². The van der Waals surface area contributed by atoms with Crippen LogP contribution in [-0.2, 0) is 24.4 Å². The van der Waals surface area contributed by atoms with Crippen molar-refractivity contribution < 1.29 is 28.2 Å². The third-order valence-electron chi connectivity index (χ3n) is 7.10. The van der Waals surface area contributed by atoms with Crippen molar-refractivity contribution in [3.05, 3.63) is 81.1 Å². The molecule has 2 aliphatic heterocycles. The van der Waals surface area contributed by atoms with Crippen LogP contribution in [0.5, 0.6) is 5.88 Å². The van der Waals surface area contributed by atoms with E-state index >= 15 is 4.39 Å². The Bertz CT molecular complexity index is 1620. The molecule has 12 heteroatoms. The number of fused-ring (bicyclic) bond motifs is 1. The Kier molecular flexibility index (Phi) is 7.54. The number of carboxylic acid groups (broad SMARTS) is 1. The van der Waals surface area contributed by atoms with Crippen molar-refractivity contribution in [2.45, 2.75) is 38.6 Å². The molecule has 5 heterocycles. The van der Waals surface area contributed by atoms with E-state index in [1.54, 1.807) is 22.8 Å². The van der Waals surface area contributed by atoms with E-state index in [1.165, 1.54) is 6.07 Å². The molecule has 1 saturated heterocycles. The SMILES string of the molecule is O=C(O)c1sc2nc(CN3CC=C(c4cccc(OCc5ccc(Cl)cc5F)n4)CC3)n(CC3CCO3)c2c1F. The third-order valence-corrected chi connectivity index (χ3v) is 8.37. The summed E-state index contributed by atoms with van der Waals surface area (Å²) in [4.78, 5) is 22.9. The number of carbonyl (C=O) groups is 1. The van der Waals surface area contributed by atoms with E-state index < -0.39 is 17.6 Å². The minimum Gasteiger partial charge on any atom is -0.477 e. The van der Waals surface area contributed by atoms with Crippen LogP contribution >= 0.6 is 22.9 Å². The van der Waals surface area contributed by atoms with Crippen molar-refractivity contribution in [1.82, 2.24) is 19.4 Å². The highest BCUT2D eigenvalue weighted by atomic mass is 35.5. The Hall–Kier alpha value is -3.38. The quantitative estimate of drug-likeness (QED) is 0.266. The predicted molar refractivity (Wildman–Crippen MR) is 147 cm³/mol. The summed E-state index contributed by atoms with van der Waals surface area (Å²) < 4.78 is 42.2. The van der Waals surface area contributed by atoms with Crippen molar-refractivity contribution in [2.24, 2.45) is 0 Å². The third kappa shape index (κ3) is 5.46. The zero-order valence-electron chi connectivity index (χ0n) is 21.3. The molecule has 4 aromatic rings. The van der Waals surface area contributed by atoms with Crippen molar-refractivity contribution in [3.63, 3.8) is 0 Å². The van der Waals surface area contributed by atoms with Crippen LogP contribution in [0.25, 0.3) is 15.9 Å². The number of nitrogens with zero attached hydrogens (tertiary/aromatic N) is 4. The van der Waals surface area contributed by atoms with Gasteiger partial charge in [0.25, 0.3) is 0 Å². The number of carboxylic acids is 1. The van der Waals surface area contributed by atoms with Gasteiger partial charge in [0.1, 0.15) is 28.6 Å². The number of aromatic carboxylic acids is 1. The second-order valence-electron chi connectivity index (χ2n) is 9.72. The maximum atomic E-state index is 15.0. The van der Waals surface area contributed by atoms with Crippen LogP contribution in [0.4, 0.5) is 8.78 Å². The van der Waals surface area contributed by atoms with Gasteiger partial charge in [-0.3, -0.25) is 4.90 Å². The number of benzene rings is 1. The number of imidazole rings is 1. The van der Waals surface area contributed by atoms with Crippen LogP contribution in [0.15, 0.2) is 42.5 Å². The molecule has 1 unspecified atom stereocenters. The molecule has 208 valence electrons. The first-order valence-electron chi connectivity index (χ1n) is 12.8. The van der Waals surface area contributed by atoms with Crippen LogP contribution in [-0.4, -0.2) is 56.3 Å². The first-order valence-corrected chi connectivity index (χ1v) is 14.0.